The molecule has 1 rings (SSSR count). The number of nitrogens with one attached hydrogen (secondary N) is 2. The summed E-state index contributed by atoms with van der Waals surface area (Å²) in [6, 6.07) is -0.436. The number of piperidine rings is 1. The molecule has 0 saturated carbocycles. The van der Waals surface area contributed by atoms with Crippen molar-refractivity contribution in [3.8, 4) is 0 Å². The van der Waals surface area contributed by atoms with Crippen LogP contribution in [0.3, 0.4) is 0 Å². The zero-order valence-electron chi connectivity index (χ0n) is 8.68. The van der Waals surface area contributed by atoms with Crippen LogP contribution in [0.4, 0.5) is 13.2 Å². The van der Waals surface area contributed by atoms with E-state index in [1.54, 1.807) is 0 Å². The number of halogens is 3. The van der Waals surface area contributed by atoms with Gasteiger partial charge in [0.2, 0.25) is 5.91 Å². The first-order valence-electron chi connectivity index (χ1n) is 5.17. The number of alkyl halides is 3. The monoisotopic (exact) mass is 240 g/mol. The van der Waals surface area contributed by atoms with Gasteiger partial charge in [0, 0.05) is 0 Å². The summed E-state index contributed by atoms with van der Waals surface area (Å²) in [4.78, 5) is 11.4. The summed E-state index contributed by atoms with van der Waals surface area (Å²) in [5.41, 5.74) is 0. The highest BCUT2D eigenvalue weighted by molar-refractivity contribution is 5.81. The molecular formula is C9H15F3N2O2. The fraction of sp³-hybridized carbons (Fsp3) is 0.889. The quantitative estimate of drug-likeness (QED) is 0.659. The minimum absolute atomic E-state index is 0.436. The van der Waals surface area contributed by atoms with Crippen molar-refractivity contribution < 1.29 is 23.1 Å². The highest BCUT2D eigenvalue weighted by Gasteiger charge is 2.38. The third-order valence-corrected chi connectivity index (χ3v) is 2.47. The van der Waals surface area contributed by atoms with Crippen LogP contribution >= 0.6 is 0 Å². The third kappa shape index (κ3) is 3.97. The summed E-state index contributed by atoms with van der Waals surface area (Å²) in [5, 5.41) is 13.7. The van der Waals surface area contributed by atoms with Gasteiger partial charge in [-0.25, -0.2) is 0 Å². The number of hydrogen-bond acceptors (Lipinski definition) is 3. The highest BCUT2D eigenvalue weighted by Crippen LogP contribution is 2.19. The molecule has 1 heterocycles. The van der Waals surface area contributed by atoms with Gasteiger partial charge in [0.15, 0.2) is 6.10 Å². The summed E-state index contributed by atoms with van der Waals surface area (Å²) in [7, 11) is 0. The average molecular weight is 240 g/mol. The molecule has 7 heteroatoms. The molecule has 16 heavy (non-hydrogen) atoms. The van der Waals surface area contributed by atoms with E-state index in [0.29, 0.717) is 13.0 Å². The van der Waals surface area contributed by atoms with E-state index >= 15 is 0 Å². The van der Waals surface area contributed by atoms with Gasteiger partial charge in [0.05, 0.1) is 12.6 Å². The molecule has 4 nitrogen and oxygen atoms in total. The van der Waals surface area contributed by atoms with Crippen LogP contribution in [-0.2, 0) is 4.79 Å². The van der Waals surface area contributed by atoms with E-state index in [0.717, 1.165) is 12.8 Å². The molecule has 0 aromatic rings. The number of amides is 1. The van der Waals surface area contributed by atoms with Gasteiger partial charge in [-0.2, -0.15) is 13.2 Å². The van der Waals surface area contributed by atoms with Gasteiger partial charge < -0.3 is 15.7 Å². The summed E-state index contributed by atoms with van der Waals surface area (Å²) < 4.78 is 35.8. The topological polar surface area (TPSA) is 61.4 Å². The van der Waals surface area contributed by atoms with Crippen LogP contribution in [0, 0.1) is 0 Å². The zero-order chi connectivity index (χ0) is 12.2. The fourth-order valence-electron chi connectivity index (χ4n) is 1.51. The van der Waals surface area contributed by atoms with Crippen LogP contribution in [0.5, 0.6) is 0 Å². The smallest absolute Gasteiger partial charge is 0.382 e. The zero-order valence-corrected chi connectivity index (χ0v) is 8.68. The second-order valence-corrected chi connectivity index (χ2v) is 3.81. The van der Waals surface area contributed by atoms with Crippen molar-refractivity contribution in [2.45, 2.75) is 37.6 Å². The van der Waals surface area contributed by atoms with E-state index < -0.39 is 30.8 Å². The van der Waals surface area contributed by atoms with E-state index in [1.807, 2.05) is 0 Å². The lowest BCUT2D eigenvalue weighted by atomic mass is 10.0. The average Bonchev–Trinajstić information content (AvgIpc) is 2.25. The minimum Gasteiger partial charge on any atom is -0.382 e. The van der Waals surface area contributed by atoms with Crippen LogP contribution in [0.25, 0.3) is 0 Å². The number of carbonyl (C=O) groups excluding carboxylic acids is 1. The molecule has 0 aliphatic carbocycles. The fourth-order valence-corrected chi connectivity index (χ4v) is 1.51. The van der Waals surface area contributed by atoms with E-state index in [1.165, 1.54) is 0 Å². The molecule has 0 aromatic heterocycles. The largest absolute Gasteiger partial charge is 0.416 e. The first-order valence-corrected chi connectivity index (χ1v) is 5.17. The first kappa shape index (κ1) is 13.2. The SMILES string of the molecule is O=C(NCC(O)C(F)(F)F)[C@H]1CCCCN1. The lowest BCUT2D eigenvalue weighted by Crippen LogP contribution is -2.50. The lowest BCUT2D eigenvalue weighted by molar-refractivity contribution is -0.201. The molecule has 1 fully saturated rings. The highest BCUT2D eigenvalue weighted by atomic mass is 19.4. The molecule has 0 spiro atoms. The molecule has 1 amide bonds. The van der Waals surface area contributed by atoms with Crippen molar-refractivity contribution in [2.75, 3.05) is 13.1 Å². The summed E-state index contributed by atoms with van der Waals surface area (Å²) >= 11 is 0. The normalized spacial score (nSPS) is 23.9. The molecule has 0 radical (unpaired) electrons. The van der Waals surface area contributed by atoms with Gasteiger partial charge in [0.1, 0.15) is 0 Å². The molecule has 1 saturated heterocycles. The Hall–Kier alpha value is -0.820. The molecule has 3 N–H and O–H groups in total. The van der Waals surface area contributed by atoms with Crippen molar-refractivity contribution in [1.82, 2.24) is 10.6 Å². The van der Waals surface area contributed by atoms with Crippen LogP contribution in [0.15, 0.2) is 0 Å². The molecule has 1 aliphatic heterocycles. The minimum atomic E-state index is -4.69. The standard InChI is InChI=1S/C9H15F3N2O2/c10-9(11,12)7(15)5-14-8(16)6-3-1-2-4-13-6/h6-7,13,15H,1-5H2,(H,14,16)/t6-,7?/m1/s1. The van der Waals surface area contributed by atoms with E-state index in [-0.39, 0.29) is 0 Å². The Morgan fingerprint density at radius 3 is 2.69 bits per heavy atom. The first-order chi connectivity index (χ1) is 7.41. The van der Waals surface area contributed by atoms with Crippen molar-refractivity contribution >= 4 is 5.91 Å². The van der Waals surface area contributed by atoms with Crippen LogP contribution in [0.2, 0.25) is 0 Å². The maximum absolute atomic E-state index is 11.9. The molecule has 1 unspecified atom stereocenters. The second-order valence-electron chi connectivity index (χ2n) is 3.81. The Labute approximate surface area is 91.2 Å². The molecular weight excluding hydrogens is 225 g/mol. The number of carbonyl (C=O) groups is 1. The van der Waals surface area contributed by atoms with Crippen molar-refractivity contribution in [3.63, 3.8) is 0 Å². The van der Waals surface area contributed by atoms with Crippen LogP contribution in [0.1, 0.15) is 19.3 Å². The number of aliphatic hydroxyl groups excluding tert-OH is 1. The third-order valence-electron chi connectivity index (χ3n) is 2.47. The number of aliphatic hydroxyl groups is 1. The van der Waals surface area contributed by atoms with Crippen molar-refractivity contribution in [1.29, 1.82) is 0 Å². The lowest BCUT2D eigenvalue weighted by Gasteiger charge is -2.23. The maximum atomic E-state index is 11.9. The summed E-state index contributed by atoms with van der Waals surface area (Å²) in [5.74, 6) is -0.483. The molecule has 0 bridgehead atoms. The molecule has 1 aliphatic rings. The van der Waals surface area contributed by atoms with Gasteiger partial charge in [-0.15, -0.1) is 0 Å². The Bertz CT molecular complexity index is 239. The molecule has 94 valence electrons. The summed E-state index contributed by atoms with van der Waals surface area (Å²) in [6.07, 6.45) is -4.72. The number of hydrogen-bond donors (Lipinski definition) is 3. The second kappa shape index (κ2) is 5.49. The Kier molecular flexibility index (Phi) is 4.55. The Morgan fingerprint density at radius 2 is 2.19 bits per heavy atom. The van der Waals surface area contributed by atoms with Gasteiger partial charge >= 0.3 is 6.18 Å². The van der Waals surface area contributed by atoms with E-state index in [2.05, 4.69) is 10.6 Å². The molecule has 0 aromatic carbocycles. The predicted molar refractivity (Wildman–Crippen MR) is 50.7 cm³/mol. The van der Waals surface area contributed by atoms with Gasteiger partial charge in [0.25, 0.3) is 0 Å². The van der Waals surface area contributed by atoms with Crippen molar-refractivity contribution in [2.24, 2.45) is 0 Å². The van der Waals surface area contributed by atoms with E-state index in [4.69, 9.17) is 5.11 Å². The Morgan fingerprint density at radius 1 is 1.50 bits per heavy atom. The summed E-state index contributed by atoms with van der Waals surface area (Å²) in [6.45, 7) is -0.0968. The van der Waals surface area contributed by atoms with E-state index in [9.17, 15) is 18.0 Å². The molecule has 2 atom stereocenters. The van der Waals surface area contributed by atoms with Crippen molar-refractivity contribution in [3.05, 3.63) is 0 Å². The van der Waals surface area contributed by atoms with Crippen LogP contribution in [-0.4, -0.2) is 42.4 Å². The maximum Gasteiger partial charge on any atom is 0.416 e. The predicted octanol–water partition coefficient (Wildman–Crippen LogP) is 0.168. The Balaban J connectivity index is 2.29. The van der Waals surface area contributed by atoms with Gasteiger partial charge in [-0.3, -0.25) is 4.79 Å². The van der Waals surface area contributed by atoms with Gasteiger partial charge in [-0.1, -0.05) is 6.42 Å². The van der Waals surface area contributed by atoms with Crippen LogP contribution < -0.4 is 10.6 Å². The number of rotatable bonds is 3. The van der Waals surface area contributed by atoms with Gasteiger partial charge in [-0.05, 0) is 19.4 Å².